The predicted octanol–water partition coefficient (Wildman–Crippen LogP) is 0.189. The van der Waals surface area contributed by atoms with Crippen molar-refractivity contribution in [2.75, 3.05) is 6.54 Å². The summed E-state index contributed by atoms with van der Waals surface area (Å²) in [5.41, 5.74) is 2.23. The number of hydrogen-bond donors (Lipinski definition) is 1. The summed E-state index contributed by atoms with van der Waals surface area (Å²) >= 11 is 0. The Bertz CT molecular complexity index is 210. The zero-order valence-corrected chi connectivity index (χ0v) is 7.05. The van der Waals surface area contributed by atoms with Gasteiger partial charge in [-0.2, -0.15) is 7.05 Å². The van der Waals surface area contributed by atoms with Crippen molar-refractivity contribution in [3.8, 4) is 0 Å². The molecule has 11 heavy (non-hydrogen) atoms. The molecule has 0 saturated heterocycles. The molecule has 0 spiro atoms. The van der Waals surface area contributed by atoms with Gasteiger partial charge in [0.05, 0.1) is 12.2 Å². The maximum atomic E-state index is 5.01. The first-order valence-corrected chi connectivity index (χ1v) is 3.78. The second-order valence-electron chi connectivity index (χ2n) is 2.63. The van der Waals surface area contributed by atoms with Gasteiger partial charge in [0.15, 0.2) is 0 Å². The van der Waals surface area contributed by atoms with E-state index in [-0.39, 0.29) is 0 Å². The molecule has 0 saturated carbocycles. The molecule has 0 fully saturated rings. The lowest BCUT2D eigenvalue weighted by Gasteiger charge is -1.98. The Morgan fingerprint density at radius 1 is 1.55 bits per heavy atom. The zero-order valence-electron chi connectivity index (χ0n) is 7.05. The second kappa shape index (κ2) is 3.53. The molecule has 0 bridgehead atoms. The molecule has 0 aromatic carbocycles. The third kappa shape index (κ3) is 1.80. The van der Waals surface area contributed by atoms with Gasteiger partial charge in [-0.25, -0.2) is 0 Å². The normalized spacial score (nSPS) is 10.5. The SMILES string of the molecule is [CH2-][NH2+]CCc1c(C)noc1C. The van der Waals surface area contributed by atoms with E-state index < -0.39 is 0 Å². The van der Waals surface area contributed by atoms with Gasteiger partial charge in [-0.15, -0.1) is 0 Å². The third-order valence-electron chi connectivity index (χ3n) is 1.78. The van der Waals surface area contributed by atoms with Gasteiger partial charge in [0.1, 0.15) is 5.76 Å². The van der Waals surface area contributed by atoms with Crippen LogP contribution in [-0.2, 0) is 6.42 Å². The fourth-order valence-corrected chi connectivity index (χ4v) is 1.11. The van der Waals surface area contributed by atoms with Crippen molar-refractivity contribution in [3.63, 3.8) is 0 Å². The van der Waals surface area contributed by atoms with Gasteiger partial charge in [-0.1, -0.05) is 5.16 Å². The highest BCUT2D eigenvalue weighted by atomic mass is 16.5. The second-order valence-corrected chi connectivity index (χ2v) is 2.63. The molecule has 62 valence electrons. The van der Waals surface area contributed by atoms with Crippen LogP contribution >= 0.6 is 0 Å². The molecule has 0 aliphatic heterocycles. The first-order valence-electron chi connectivity index (χ1n) is 3.78. The van der Waals surface area contributed by atoms with Crippen molar-refractivity contribution in [2.24, 2.45) is 0 Å². The quantitative estimate of drug-likeness (QED) is 0.631. The van der Waals surface area contributed by atoms with Crippen molar-refractivity contribution in [1.82, 2.24) is 5.16 Å². The Kier molecular flexibility index (Phi) is 2.65. The minimum atomic E-state index is 0.935. The van der Waals surface area contributed by atoms with Gasteiger partial charge in [-0.3, -0.25) is 0 Å². The van der Waals surface area contributed by atoms with Crippen molar-refractivity contribution >= 4 is 0 Å². The Morgan fingerprint density at radius 3 is 2.73 bits per heavy atom. The van der Waals surface area contributed by atoms with E-state index in [4.69, 9.17) is 4.52 Å². The standard InChI is InChI=1S/C8H14N2O/c1-6-8(4-5-9-3)7(2)11-10-6/h3-5,9H2,1-2H3. The summed E-state index contributed by atoms with van der Waals surface area (Å²) in [6.45, 7) is 4.90. The van der Waals surface area contributed by atoms with E-state index in [0.29, 0.717) is 0 Å². The van der Waals surface area contributed by atoms with E-state index in [0.717, 1.165) is 24.4 Å². The lowest BCUT2D eigenvalue weighted by Crippen LogP contribution is -2.77. The van der Waals surface area contributed by atoms with Crippen LogP contribution in [-0.4, -0.2) is 11.7 Å². The highest BCUT2D eigenvalue weighted by Crippen LogP contribution is 2.11. The molecule has 0 aliphatic carbocycles. The van der Waals surface area contributed by atoms with E-state index in [1.165, 1.54) is 5.56 Å². The molecule has 3 nitrogen and oxygen atoms in total. The van der Waals surface area contributed by atoms with Crippen LogP contribution in [0.2, 0.25) is 0 Å². The molecule has 1 rings (SSSR count). The average molecular weight is 154 g/mol. The first-order chi connectivity index (χ1) is 5.25. The van der Waals surface area contributed by atoms with Crippen LogP contribution in [0.3, 0.4) is 0 Å². The van der Waals surface area contributed by atoms with Gasteiger partial charge >= 0.3 is 0 Å². The topological polar surface area (TPSA) is 42.6 Å². The van der Waals surface area contributed by atoms with Crippen LogP contribution in [0, 0.1) is 20.9 Å². The smallest absolute Gasteiger partial charge is 0.137 e. The van der Waals surface area contributed by atoms with Gasteiger partial charge in [0.25, 0.3) is 0 Å². The summed E-state index contributed by atoms with van der Waals surface area (Å²) in [5, 5.41) is 5.77. The van der Waals surface area contributed by atoms with Gasteiger partial charge in [0, 0.05) is 12.0 Å². The molecule has 0 unspecified atom stereocenters. The Morgan fingerprint density at radius 2 is 2.27 bits per heavy atom. The molecule has 2 N–H and O–H groups in total. The van der Waals surface area contributed by atoms with Gasteiger partial charge < -0.3 is 9.84 Å². The van der Waals surface area contributed by atoms with Crippen LogP contribution in [0.15, 0.2) is 4.52 Å². The molecular weight excluding hydrogens is 140 g/mol. The number of rotatable bonds is 3. The molecule has 3 heteroatoms. The summed E-state index contributed by atoms with van der Waals surface area (Å²) in [6, 6.07) is 0. The van der Waals surface area contributed by atoms with Crippen molar-refractivity contribution in [1.29, 1.82) is 0 Å². The highest BCUT2D eigenvalue weighted by Gasteiger charge is 2.07. The van der Waals surface area contributed by atoms with Crippen molar-refractivity contribution in [2.45, 2.75) is 20.3 Å². The number of nitrogens with two attached hydrogens (primary N) is 1. The minimum Gasteiger partial charge on any atom is -0.479 e. The van der Waals surface area contributed by atoms with E-state index in [1.54, 1.807) is 0 Å². The maximum absolute atomic E-state index is 5.01. The molecule has 1 heterocycles. The maximum Gasteiger partial charge on any atom is 0.137 e. The fraction of sp³-hybridized carbons (Fsp3) is 0.500. The fourth-order valence-electron chi connectivity index (χ4n) is 1.11. The summed E-state index contributed by atoms with van der Waals surface area (Å²) in [4.78, 5) is 0. The minimum absolute atomic E-state index is 0.935. The molecule has 0 radical (unpaired) electrons. The molecule has 1 aromatic heterocycles. The van der Waals surface area contributed by atoms with Crippen molar-refractivity contribution < 1.29 is 9.84 Å². The summed E-state index contributed by atoms with van der Waals surface area (Å²) in [7, 11) is 3.67. The third-order valence-corrected chi connectivity index (χ3v) is 1.78. The number of aromatic nitrogens is 1. The first kappa shape index (κ1) is 8.27. The van der Waals surface area contributed by atoms with E-state index in [2.05, 4.69) is 12.2 Å². The van der Waals surface area contributed by atoms with Crippen LogP contribution in [0.25, 0.3) is 0 Å². The van der Waals surface area contributed by atoms with Crippen LogP contribution in [0.4, 0.5) is 0 Å². The van der Waals surface area contributed by atoms with Gasteiger partial charge in [0.2, 0.25) is 0 Å². The Balaban J connectivity index is 2.67. The average Bonchev–Trinajstić information content (AvgIpc) is 2.29. The number of quaternary nitrogens is 1. The lowest BCUT2D eigenvalue weighted by molar-refractivity contribution is -0.594. The summed E-state index contributed by atoms with van der Waals surface area (Å²) < 4.78 is 5.01. The predicted molar refractivity (Wildman–Crippen MR) is 41.8 cm³/mol. The van der Waals surface area contributed by atoms with Crippen molar-refractivity contribution in [3.05, 3.63) is 24.1 Å². The van der Waals surface area contributed by atoms with Crippen LogP contribution < -0.4 is 5.32 Å². The van der Waals surface area contributed by atoms with E-state index >= 15 is 0 Å². The number of hydrogen-bond acceptors (Lipinski definition) is 2. The molecule has 0 aliphatic rings. The van der Waals surface area contributed by atoms with E-state index in [1.807, 2.05) is 19.2 Å². The zero-order chi connectivity index (χ0) is 8.27. The van der Waals surface area contributed by atoms with E-state index in [9.17, 15) is 0 Å². The van der Waals surface area contributed by atoms with Crippen LogP contribution in [0.5, 0.6) is 0 Å². The summed E-state index contributed by atoms with van der Waals surface area (Å²) in [6.07, 6.45) is 0.991. The van der Waals surface area contributed by atoms with Gasteiger partial charge in [-0.05, 0) is 13.8 Å². The lowest BCUT2D eigenvalue weighted by atomic mass is 10.1. The number of aryl methyl sites for hydroxylation is 2. The molecule has 0 amide bonds. The highest BCUT2D eigenvalue weighted by molar-refractivity contribution is 5.20. The Labute approximate surface area is 66.8 Å². The monoisotopic (exact) mass is 154 g/mol. The number of nitrogens with zero attached hydrogens (tertiary/aromatic N) is 1. The van der Waals surface area contributed by atoms with Crippen LogP contribution in [0.1, 0.15) is 17.0 Å². The largest absolute Gasteiger partial charge is 0.479 e. The Hall–Kier alpha value is -0.830. The molecule has 0 atom stereocenters. The molecular formula is C8H14N2O. The molecule has 1 aromatic rings. The summed E-state index contributed by atoms with van der Waals surface area (Å²) in [5.74, 6) is 0.935.